The molecule has 3 rings (SSSR count). The molecule has 162 valence electrons. The van der Waals surface area contributed by atoms with Crippen LogP contribution < -0.4 is 5.32 Å². The highest BCUT2D eigenvalue weighted by Crippen LogP contribution is 2.16. The van der Waals surface area contributed by atoms with Crippen LogP contribution in [0, 0.1) is 11.3 Å². The van der Waals surface area contributed by atoms with Crippen molar-refractivity contribution in [1.82, 2.24) is 9.80 Å². The van der Waals surface area contributed by atoms with E-state index in [9.17, 15) is 9.59 Å². The smallest absolute Gasteiger partial charge is 0.322 e. The molecular weight excluding hydrogens is 420 g/mol. The van der Waals surface area contributed by atoms with Crippen molar-refractivity contribution in [1.29, 1.82) is 5.26 Å². The minimum atomic E-state index is -0.427. The Kier molecular flexibility index (Phi) is 8.18. The Morgan fingerprint density at radius 1 is 1.03 bits per heavy atom. The molecular formula is C25H24N4O2S. The Balaban J connectivity index is 1.73. The fourth-order valence-electron chi connectivity index (χ4n) is 3.13. The second-order valence-electron chi connectivity index (χ2n) is 7.11. The van der Waals surface area contributed by atoms with Gasteiger partial charge < -0.3 is 15.1 Å². The topological polar surface area (TPSA) is 76.4 Å². The zero-order chi connectivity index (χ0) is 22.8. The van der Waals surface area contributed by atoms with Gasteiger partial charge in [0.25, 0.3) is 0 Å². The summed E-state index contributed by atoms with van der Waals surface area (Å²) in [5.41, 5.74) is 1.96. The molecule has 0 spiro atoms. The molecule has 1 aromatic heterocycles. The van der Waals surface area contributed by atoms with Crippen LogP contribution in [0.2, 0.25) is 0 Å². The Morgan fingerprint density at radius 2 is 1.84 bits per heavy atom. The third-order valence-corrected chi connectivity index (χ3v) is 5.56. The van der Waals surface area contributed by atoms with Gasteiger partial charge in [0.1, 0.15) is 6.54 Å². The number of thiophene rings is 1. The van der Waals surface area contributed by atoms with Gasteiger partial charge in [0.2, 0.25) is 5.91 Å². The van der Waals surface area contributed by atoms with E-state index in [1.165, 1.54) is 4.90 Å². The summed E-state index contributed by atoms with van der Waals surface area (Å²) in [6.45, 7) is 4.76. The van der Waals surface area contributed by atoms with Crippen molar-refractivity contribution in [3.8, 4) is 6.07 Å². The van der Waals surface area contributed by atoms with E-state index in [1.54, 1.807) is 46.6 Å². The highest BCUT2D eigenvalue weighted by atomic mass is 32.1. The van der Waals surface area contributed by atoms with Crippen LogP contribution in [0.15, 0.2) is 84.8 Å². The lowest BCUT2D eigenvalue weighted by atomic mass is 10.2. The number of carbonyl (C=O) groups excluding carboxylic acids is 2. The second kappa shape index (κ2) is 11.5. The van der Waals surface area contributed by atoms with Gasteiger partial charge in [0, 0.05) is 23.7 Å². The first-order valence-electron chi connectivity index (χ1n) is 10.1. The van der Waals surface area contributed by atoms with Gasteiger partial charge in [-0.25, -0.2) is 4.79 Å². The third-order valence-electron chi connectivity index (χ3n) is 4.70. The molecule has 7 heteroatoms. The molecule has 1 heterocycles. The number of nitriles is 1. The zero-order valence-corrected chi connectivity index (χ0v) is 18.4. The molecule has 0 saturated carbocycles. The fourth-order valence-corrected chi connectivity index (χ4v) is 3.85. The number of nitrogens with zero attached hydrogens (tertiary/aromatic N) is 3. The van der Waals surface area contributed by atoms with E-state index in [2.05, 4.69) is 11.9 Å². The van der Waals surface area contributed by atoms with E-state index >= 15 is 0 Å². The molecule has 0 bridgehead atoms. The number of amides is 3. The molecule has 0 aliphatic carbocycles. The number of rotatable bonds is 9. The minimum absolute atomic E-state index is 0.0893. The van der Waals surface area contributed by atoms with Gasteiger partial charge in [-0.1, -0.05) is 48.5 Å². The quantitative estimate of drug-likeness (QED) is 0.479. The van der Waals surface area contributed by atoms with E-state index in [4.69, 9.17) is 5.26 Å². The molecule has 3 aromatic rings. The first-order chi connectivity index (χ1) is 15.6. The van der Waals surface area contributed by atoms with Gasteiger partial charge in [0.15, 0.2) is 0 Å². The standard InChI is InChI=1S/C25H24N4O2S/c1-2-13-28(25(31)27-22-11-6-10-21(15-22)16-26)19-24(30)29(18-23-12-7-14-32-23)17-20-8-4-3-5-9-20/h2-12,14-15H,1,13,17-19H2,(H,27,31). The molecule has 6 nitrogen and oxygen atoms in total. The predicted molar refractivity (Wildman–Crippen MR) is 127 cm³/mol. The average molecular weight is 445 g/mol. The van der Waals surface area contributed by atoms with Crippen LogP contribution in [0.4, 0.5) is 10.5 Å². The van der Waals surface area contributed by atoms with Gasteiger partial charge in [-0.15, -0.1) is 17.9 Å². The number of benzene rings is 2. The zero-order valence-electron chi connectivity index (χ0n) is 17.6. The summed E-state index contributed by atoms with van der Waals surface area (Å²) in [7, 11) is 0. The van der Waals surface area contributed by atoms with Crippen LogP contribution in [0.25, 0.3) is 0 Å². The lowest BCUT2D eigenvalue weighted by Crippen LogP contribution is -2.44. The first kappa shape index (κ1) is 22.8. The van der Waals surface area contributed by atoms with Crippen molar-refractivity contribution in [3.63, 3.8) is 0 Å². The Labute approximate surface area is 192 Å². The molecule has 0 radical (unpaired) electrons. The van der Waals surface area contributed by atoms with E-state index in [0.29, 0.717) is 24.3 Å². The van der Waals surface area contributed by atoms with Gasteiger partial charge in [-0.2, -0.15) is 5.26 Å². The maximum Gasteiger partial charge on any atom is 0.322 e. The molecule has 0 fully saturated rings. The highest BCUT2D eigenvalue weighted by molar-refractivity contribution is 7.09. The summed E-state index contributed by atoms with van der Waals surface area (Å²) in [6.07, 6.45) is 1.58. The number of urea groups is 1. The van der Waals surface area contributed by atoms with Crippen molar-refractivity contribution in [2.75, 3.05) is 18.4 Å². The summed E-state index contributed by atoms with van der Waals surface area (Å²) < 4.78 is 0. The van der Waals surface area contributed by atoms with Gasteiger partial charge in [-0.05, 0) is 35.2 Å². The van der Waals surface area contributed by atoms with Gasteiger partial charge in [0.05, 0.1) is 18.2 Å². The van der Waals surface area contributed by atoms with E-state index < -0.39 is 6.03 Å². The summed E-state index contributed by atoms with van der Waals surface area (Å²) in [5, 5.41) is 13.8. The minimum Gasteiger partial charge on any atom is -0.332 e. The molecule has 0 saturated heterocycles. The Bertz CT molecular complexity index is 1090. The second-order valence-corrected chi connectivity index (χ2v) is 8.14. The fraction of sp³-hybridized carbons (Fsp3) is 0.160. The molecule has 0 unspecified atom stereocenters. The molecule has 1 N–H and O–H groups in total. The molecule has 32 heavy (non-hydrogen) atoms. The van der Waals surface area contributed by atoms with Gasteiger partial charge in [-0.3, -0.25) is 4.79 Å². The Hall–Kier alpha value is -3.89. The summed E-state index contributed by atoms with van der Waals surface area (Å²) in [4.78, 5) is 30.3. The van der Waals surface area contributed by atoms with Crippen LogP contribution in [0.1, 0.15) is 16.0 Å². The molecule has 0 atom stereocenters. The van der Waals surface area contributed by atoms with Gasteiger partial charge >= 0.3 is 6.03 Å². The lowest BCUT2D eigenvalue weighted by molar-refractivity contribution is -0.132. The Morgan fingerprint density at radius 3 is 2.53 bits per heavy atom. The monoisotopic (exact) mass is 444 g/mol. The number of nitrogens with one attached hydrogen (secondary N) is 1. The summed E-state index contributed by atoms with van der Waals surface area (Å²) in [6, 6.07) is 22.0. The molecule has 2 aromatic carbocycles. The van der Waals surface area contributed by atoms with Crippen molar-refractivity contribution in [2.45, 2.75) is 13.1 Å². The van der Waals surface area contributed by atoms with Crippen LogP contribution in [-0.4, -0.2) is 34.8 Å². The third kappa shape index (κ3) is 6.56. The van der Waals surface area contributed by atoms with E-state index in [-0.39, 0.29) is 19.0 Å². The van der Waals surface area contributed by atoms with E-state index in [0.717, 1.165) is 10.4 Å². The van der Waals surface area contributed by atoms with Crippen LogP contribution >= 0.6 is 11.3 Å². The van der Waals surface area contributed by atoms with Crippen LogP contribution in [0.3, 0.4) is 0 Å². The summed E-state index contributed by atoms with van der Waals surface area (Å²) >= 11 is 1.59. The van der Waals surface area contributed by atoms with Crippen molar-refractivity contribution < 1.29 is 9.59 Å². The highest BCUT2D eigenvalue weighted by Gasteiger charge is 2.21. The predicted octanol–water partition coefficient (Wildman–Crippen LogP) is 4.87. The number of anilines is 1. The maximum absolute atomic E-state index is 13.2. The number of hydrogen-bond donors (Lipinski definition) is 1. The largest absolute Gasteiger partial charge is 0.332 e. The SMILES string of the molecule is C=CCN(CC(=O)N(Cc1ccccc1)Cc1cccs1)C(=O)Nc1cccc(C#N)c1. The number of hydrogen-bond acceptors (Lipinski definition) is 4. The average Bonchev–Trinajstić information content (AvgIpc) is 3.32. The van der Waals surface area contributed by atoms with Crippen molar-refractivity contribution >= 4 is 29.0 Å². The summed E-state index contributed by atoms with van der Waals surface area (Å²) in [5.74, 6) is -0.162. The number of carbonyl (C=O) groups is 2. The van der Waals surface area contributed by atoms with Crippen LogP contribution in [0.5, 0.6) is 0 Å². The maximum atomic E-state index is 13.2. The molecule has 0 aliphatic heterocycles. The molecule has 3 amide bonds. The normalized spacial score (nSPS) is 10.1. The van der Waals surface area contributed by atoms with Crippen LogP contribution in [-0.2, 0) is 17.9 Å². The van der Waals surface area contributed by atoms with E-state index in [1.807, 2.05) is 53.9 Å². The van der Waals surface area contributed by atoms with Crippen molar-refractivity contribution in [3.05, 3.63) is 101 Å². The first-order valence-corrected chi connectivity index (χ1v) is 11.0. The molecule has 0 aliphatic rings. The lowest BCUT2D eigenvalue weighted by Gasteiger charge is -2.27. The van der Waals surface area contributed by atoms with Crippen molar-refractivity contribution in [2.24, 2.45) is 0 Å².